The number of carbonyl (C=O) groups is 2. The van der Waals surface area contributed by atoms with E-state index in [-0.39, 0.29) is 19.2 Å². The predicted octanol–water partition coefficient (Wildman–Crippen LogP) is 8.24. The molecule has 9 heteroatoms. The van der Waals surface area contributed by atoms with Crippen LogP contribution in [-0.2, 0) is 33.1 Å². The molecule has 4 aromatic rings. The van der Waals surface area contributed by atoms with Crippen LogP contribution in [0.15, 0.2) is 77.3 Å². The van der Waals surface area contributed by atoms with Crippen LogP contribution >= 0.6 is 15.9 Å². The Kier molecular flexibility index (Phi) is 9.96. The van der Waals surface area contributed by atoms with E-state index >= 15 is 0 Å². The molecular formula is C33H39BrN2O5Si. The first-order chi connectivity index (χ1) is 19.8. The number of aromatic nitrogens is 1. The molecule has 0 saturated carbocycles. The number of nitrogens with one attached hydrogen (secondary N) is 1. The molecule has 0 radical (unpaired) electrons. The summed E-state index contributed by atoms with van der Waals surface area (Å²) in [4.78, 5) is 25.4. The maximum atomic E-state index is 13.7. The minimum atomic E-state index is -1.29. The summed E-state index contributed by atoms with van der Waals surface area (Å²) in [6.45, 7) is 13.3. The Balaban J connectivity index is 1.73. The van der Waals surface area contributed by atoms with Crippen molar-refractivity contribution in [3.05, 3.63) is 94.0 Å². The molecule has 42 heavy (non-hydrogen) atoms. The number of amides is 1. The van der Waals surface area contributed by atoms with Gasteiger partial charge in [0.25, 0.3) is 0 Å². The molecule has 0 aliphatic heterocycles. The lowest BCUT2D eigenvalue weighted by molar-refractivity contribution is -0.120. The van der Waals surface area contributed by atoms with E-state index in [1.165, 1.54) is 6.92 Å². The summed E-state index contributed by atoms with van der Waals surface area (Å²) in [7, 11) is -1.29. The van der Waals surface area contributed by atoms with Gasteiger partial charge in [0.1, 0.15) is 24.7 Å². The van der Waals surface area contributed by atoms with Crippen molar-refractivity contribution in [1.29, 1.82) is 0 Å². The molecule has 1 N–H and O–H groups in total. The van der Waals surface area contributed by atoms with Crippen LogP contribution in [-0.4, -0.2) is 31.1 Å². The van der Waals surface area contributed by atoms with Gasteiger partial charge in [0, 0.05) is 31.5 Å². The number of esters is 1. The smallest absolute Gasteiger partial charge is 0.344 e. The summed E-state index contributed by atoms with van der Waals surface area (Å²) in [6.07, 6.45) is 0. The Labute approximate surface area is 257 Å². The molecule has 1 heterocycles. The number of fused-ring (bicyclic) bond motifs is 1. The Hall–Kier alpha value is -3.40. The minimum absolute atomic E-state index is 0.108. The zero-order chi connectivity index (χ0) is 30.5. The lowest BCUT2D eigenvalue weighted by Crippen LogP contribution is -2.39. The summed E-state index contributed by atoms with van der Waals surface area (Å²) >= 11 is 3.56. The van der Waals surface area contributed by atoms with Crippen molar-refractivity contribution in [2.75, 3.05) is 6.61 Å². The molecule has 0 aliphatic carbocycles. The molecule has 0 saturated heterocycles. The lowest BCUT2D eigenvalue weighted by Gasteiger charge is -2.26. The molecule has 0 spiro atoms. The third-order valence-corrected chi connectivity index (χ3v) is 9.09. The molecule has 0 aliphatic rings. The quantitative estimate of drug-likeness (QED) is 0.0949. The van der Waals surface area contributed by atoms with Gasteiger partial charge in [-0.2, -0.15) is 0 Å². The number of hydrogen-bond acceptors (Lipinski definition) is 5. The fourth-order valence-corrected chi connectivity index (χ4v) is 5.75. The molecule has 222 valence electrons. The molecule has 3 aromatic carbocycles. The van der Waals surface area contributed by atoms with E-state index < -0.39 is 19.6 Å². The van der Waals surface area contributed by atoms with Crippen LogP contribution in [0.3, 0.4) is 0 Å². The molecule has 0 fully saturated rings. The van der Waals surface area contributed by atoms with E-state index in [1.54, 1.807) is 0 Å². The third-order valence-electron chi connectivity index (χ3n) is 6.89. The largest absolute Gasteiger partial charge is 0.457 e. The van der Waals surface area contributed by atoms with Crippen LogP contribution in [0.5, 0.6) is 11.6 Å². The fourth-order valence-electron chi connectivity index (χ4n) is 4.63. The zero-order valence-corrected chi connectivity index (χ0v) is 27.7. The second-order valence-electron chi connectivity index (χ2n) is 12.1. The van der Waals surface area contributed by atoms with E-state index in [0.717, 1.165) is 27.2 Å². The van der Waals surface area contributed by atoms with Crippen molar-refractivity contribution in [3.8, 4) is 11.6 Å². The van der Waals surface area contributed by atoms with Crippen molar-refractivity contribution in [3.63, 3.8) is 0 Å². The van der Waals surface area contributed by atoms with Gasteiger partial charge in [-0.1, -0.05) is 78.0 Å². The number of halogens is 1. The van der Waals surface area contributed by atoms with E-state index in [0.29, 0.717) is 29.2 Å². The summed E-state index contributed by atoms with van der Waals surface area (Å²) in [5.74, 6) is 0.299. The van der Waals surface area contributed by atoms with Gasteiger partial charge < -0.3 is 19.5 Å². The van der Waals surface area contributed by atoms with Gasteiger partial charge in [-0.15, -0.1) is 0 Å². The van der Waals surface area contributed by atoms with E-state index in [9.17, 15) is 9.59 Å². The number of nitrogens with zero attached hydrogens (tertiary/aromatic N) is 1. The normalized spacial score (nSPS) is 11.9. The van der Waals surface area contributed by atoms with Crippen molar-refractivity contribution < 1.29 is 23.8 Å². The first kappa shape index (κ1) is 31.5. The Morgan fingerprint density at radius 3 is 2.31 bits per heavy atom. The van der Waals surface area contributed by atoms with Gasteiger partial charge in [0.2, 0.25) is 11.8 Å². The highest BCUT2D eigenvalue weighted by Crippen LogP contribution is 2.38. The van der Waals surface area contributed by atoms with E-state index in [4.69, 9.17) is 14.2 Å². The highest BCUT2D eigenvalue weighted by atomic mass is 79.9. The van der Waals surface area contributed by atoms with Gasteiger partial charge in [0.05, 0.1) is 11.1 Å². The molecule has 4 rings (SSSR count). The summed E-state index contributed by atoms with van der Waals surface area (Å²) in [5.41, 5.74) is 2.40. The SMILES string of the molecule is CC(=O)NC(C)(C)c1ccc(Oc2c(C(=O)OCc3ccccc3)c3cc(Br)ccc3n2COCC[Si](C)(C)C)cc1. The second kappa shape index (κ2) is 13.3. The molecule has 1 amide bonds. The zero-order valence-electron chi connectivity index (χ0n) is 25.1. The first-order valence-electron chi connectivity index (χ1n) is 14.0. The van der Waals surface area contributed by atoms with Crippen LogP contribution in [0.1, 0.15) is 42.3 Å². The topological polar surface area (TPSA) is 78.8 Å². The third kappa shape index (κ3) is 8.11. The molecule has 0 atom stereocenters. The minimum Gasteiger partial charge on any atom is -0.457 e. The van der Waals surface area contributed by atoms with Gasteiger partial charge in [-0.05, 0) is 61.4 Å². The molecule has 0 unspecified atom stereocenters. The summed E-state index contributed by atoms with van der Waals surface area (Å²) in [6, 6.07) is 23.9. The predicted molar refractivity (Wildman–Crippen MR) is 173 cm³/mol. The summed E-state index contributed by atoms with van der Waals surface area (Å²) < 4.78 is 21.1. The van der Waals surface area contributed by atoms with Crippen LogP contribution in [0.2, 0.25) is 25.7 Å². The van der Waals surface area contributed by atoms with Crippen LogP contribution in [0, 0.1) is 0 Å². The highest BCUT2D eigenvalue weighted by Gasteiger charge is 2.27. The lowest BCUT2D eigenvalue weighted by atomic mass is 9.94. The van der Waals surface area contributed by atoms with Gasteiger partial charge in [-0.25, -0.2) is 4.79 Å². The number of benzene rings is 3. The fraction of sp³-hybridized carbons (Fsp3) is 0.333. The molecular weight excluding hydrogens is 612 g/mol. The molecule has 0 bridgehead atoms. The summed E-state index contributed by atoms with van der Waals surface area (Å²) in [5, 5.41) is 3.67. The van der Waals surface area contributed by atoms with Crippen LogP contribution in [0.4, 0.5) is 0 Å². The highest BCUT2D eigenvalue weighted by molar-refractivity contribution is 9.10. The van der Waals surface area contributed by atoms with E-state index in [1.807, 2.05) is 91.2 Å². The number of rotatable bonds is 12. The standard InChI is InChI=1S/C33H39BrN2O5Si/c1-23(37)35-33(2,3)25-12-15-27(16-13-25)41-31-30(32(38)40-21-24-10-8-7-9-11-24)28-20-26(34)14-17-29(28)36(31)22-39-18-19-42(4,5)6/h7-17,20H,18-19,21-22H2,1-6H3,(H,35,37). The van der Waals surface area contributed by atoms with E-state index in [2.05, 4.69) is 40.9 Å². The Morgan fingerprint density at radius 2 is 1.67 bits per heavy atom. The average molecular weight is 652 g/mol. The number of hydrogen-bond donors (Lipinski definition) is 1. The van der Waals surface area contributed by atoms with Crippen LogP contribution < -0.4 is 10.1 Å². The monoisotopic (exact) mass is 650 g/mol. The maximum absolute atomic E-state index is 13.7. The second-order valence-corrected chi connectivity index (χ2v) is 18.6. The van der Waals surface area contributed by atoms with Crippen molar-refractivity contribution in [2.45, 2.75) is 65.3 Å². The average Bonchev–Trinajstić information content (AvgIpc) is 3.21. The Bertz CT molecular complexity index is 1540. The van der Waals surface area contributed by atoms with Crippen molar-refractivity contribution in [1.82, 2.24) is 9.88 Å². The maximum Gasteiger partial charge on any atom is 0.344 e. The van der Waals surface area contributed by atoms with Crippen LogP contribution in [0.25, 0.3) is 10.9 Å². The van der Waals surface area contributed by atoms with Crippen molar-refractivity contribution >= 4 is 46.8 Å². The Morgan fingerprint density at radius 1 is 0.976 bits per heavy atom. The number of carbonyl (C=O) groups excluding carboxylic acids is 2. The van der Waals surface area contributed by atoms with Gasteiger partial charge >= 0.3 is 5.97 Å². The number of ether oxygens (including phenoxy) is 3. The molecule has 1 aromatic heterocycles. The first-order valence-corrected chi connectivity index (χ1v) is 18.5. The van der Waals surface area contributed by atoms with Crippen molar-refractivity contribution in [2.24, 2.45) is 0 Å². The van der Waals surface area contributed by atoms with Gasteiger partial charge in [-0.3, -0.25) is 9.36 Å². The van der Waals surface area contributed by atoms with Gasteiger partial charge in [0.15, 0.2) is 0 Å². The molecule has 7 nitrogen and oxygen atoms in total.